The van der Waals surface area contributed by atoms with Crippen LogP contribution in [-0.4, -0.2) is 25.8 Å². The van der Waals surface area contributed by atoms with E-state index in [1.165, 1.54) is 6.07 Å². The Morgan fingerprint density at radius 1 is 1.00 bits per heavy atom. The summed E-state index contributed by atoms with van der Waals surface area (Å²) in [5.74, 6) is -2.55. The molecule has 0 aliphatic rings. The smallest absolute Gasteiger partial charge is 0.246 e. The molecule has 23 heavy (non-hydrogen) atoms. The van der Waals surface area contributed by atoms with E-state index in [1.54, 1.807) is 24.3 Å². The molecule has 0 saturated heterocycles. The van der Waals surface area contributed by atoms with Crippen LogP contribution in [0.5, 0.6) is 0 Å². The molecular formula is C16H18F2N2O2S. The fraction of sp³-hybridized carbons (Fsp3) is 0.250. The van der Waals surface area contributed by atoms with Crippen LogP contribution < -0.4 is 5.73 Å². The molecule has 0 aromatic heterocycles. The molecule has 2 rings (SSSR count). The number of nitrogens with zero attached hydrogens (tertiary/aromatic N) is 1. The van der Waals surface area contributed by atoms with Crippen LogP contribution >= 0.6 is 0 Å². The zero-order valence-electron chi connectivity index (χ0n) is 12.5. The molecule has 0 unspecified atom stereocenters. The normalized spacial score (nSPS) is 11.8. The Kier molecular flexibility index (Phi) is 5.81. The van der Waals surface area contributed by atoms with E-state index in [-0.39, 0.29) is 13.1 Å². The summed E-state index contributed by atoms with van der Waals surface area (Å²) in [4.78, 5) is -0.662. The van der Waals surface area contributed by atoms with Crippen molar-refractivity contribution in [1.29, 1.82) is 0 Å². The molecule has 4 nitrogen and oxygen atoms in total. The van der Waals surface area contributed by atoms with Gasteiger partial charge in [0.05, 0.1) is 0 Å². The lowest BCUT2D eigenvalue weighted by Gasteiger charge is -2.22. The van der Waals surface area contributed by atoms with Crippen molar-refractivity contribution in [3.63, 3.8) is 0 Å². The summed E-state index contributed by atoms with van der Waals surface area (Å²) in [6.07, 6.45) is 0.420. The van der Waals surface area contributed by atoms with Crippen LogP contribution in [0.1, 0.15) is 12.0 Å². The maximum absolute atomic E-state index is 13.9. The highest BCUT2D eigenvalue weighted by molar-refractivity contribution is 7.89. The van der Waals surface area contributed by atoms with Crippen LogP contribution in [-0.2, 0) is 16.6 Å². The first-order chi connectivity index (χ1) is 11.0. The van der Waals surface area contributed by atoms with Gasteiger partial charge in [0, 0.05) is 13.1 Å². The van der Waals surface area contributed by atoms with Crippen molar-refractivity contribution >= 4 is 10.0 Å². The van der Waals surface area contributed by atoms with E-state index in [9.17, 15) is 17.2 Å². The van der Waals surface area contributed by atoms with Gasteiger partial charge in [0.25, 0.3) is 0 Å². The molecule has 0 aliphatic heterocycles. The van der Waals surface area contributed by atoms with Gasteiger partial charge >= 0.3 is 0 Å². The zero-order chi connectivity index (χ0) is 16.9. The average Bonchev–Trinajstić information content (AvgIpc) is 2.54. The summed E-state index contributed by atoms with van der Waals surface area (Å²) in [5.41, 5.74) is 6.21. The molecule has 0 fully saturated rings. The Morgan fingerprint density at radius 2 is 1.70 bits per heavy atom. The van der Waals surface area contributed by atoms with Crippen LogP contribution in [0.15, 0.2) is 53.4 Å². The molecule has 2 aromatic rings. The van der Waals surface area contributed by atoms with Crippen LogP contribution in [0.3, 0.4) is 0 Å². The third-order valence-corrected chi connectivity index (χ3v) is 5.21. The average molecular weight is 340 g/mol. The minimum Gasteiger partial charge on any atom is -0.330 e. The molecule has 2 N–H and O–H groups in total. The fourth-order valence-electron chi connectivity index (χ4n) is 2.16. The topological polar surface area (TPSA) is 63.4 Å². The van der Waals surface area contributed by atoms with Crippen molar-refractivity contribution in [1.82, 2.24) is 4.31 Å². The Morgan fingerprint density at radius 3 is 2.35 bits per heavy atom. The lowest BCUT2D eigenvalue weighted by atomic mass is 10.2. The minimum atomic E-state index is -4.16. The van der Waals surface area contributed by atoms with Crippen molar-refractivity contribution in [2.24, 2.45) is 5.73 Å². The Bertz CT molecular complexity index is 752. The molecule has 0 spiro atoms. The van der Waals surface area contributed by atoms with Gasteiger partial charge in [0.2, 0.25) is 10.0 Å². The molecule has 124 valence electrons. The summed E-state index contributed by atoms with van der Waals surface area (Å²) in [5, 5.41) is 0. The first kappa shape index (κ1) is 17.5. The number of nitrogens with two attached hydrogens (primary N) is 1. The second-order valence-corrected chi connectivity index (χ2v) is 6.92. The molecule has 2 aromatic carbocycles. The number of rotatable bonds is 7. The third kappa shape index (κ3) is 4.13. The molecule has 0 atom stereocenters. The van der Waals surface area contributed by atoms with Crippen LogP contribution in [0.4, 0.5) is 8.78 Å². The highest BCUT2D eigenvalue weighted by Crippen LogP contribution is 2.23. The monoisotopic (exact) mass is 340 g/mol. The van der Waals surface area contributed by atoms with Gasteiger partial charge < -0.3 is 5.73 Å². The van der Waals surface area contributed by atoms with Crippen molar-refractivity contribution in [3.05, 3.63) is 65.7 Å². The molecule has 0 radical (unpaired) electrons. The van der Waals surface area contributed by atoms with Gasteiger partial charge in [-0.25, -0.2) is 17.2 Å². The van der Waals surface area contributed by atoms with E-state index in [4.69, 9.17) is 5.73 Å². The second kappa shape index (κ2) is 7.63. The summed E-state index contributed by atoms with van der Waals surface area (Å²) >= 11 is 0. The quantitative estimate of drug-likeness (QED) is 0.842. The Hall–Kier alpha value is -1.83. The van der Waals surface area contributed by atoms with Gasteiger partial charge in [0.15, 0.2) is 11.6 Å². The van der Waals surface area contributed by atoms with E-state index in [0.717, 1.165) is 22.0 Å². The van der Waals surface area contributed by atoms with Crippen LogP contribution in [0.2, 0.25) is 0 Å². The molecule has 0 bridgehead atoms. The van der Waals surface area contributed by atoms with E-state index < -0.39 is 26.6 Å². The van der Waals surface area contributed by atoms with Crippen molar-refractivity contribution in [2.75, 3.05) is 13.1 Å². The largest absolute Gasteiger partial charge is 0.330 e. The first-order valence-electron chi connectivity index (χ1n) is 7.15. The standard InChI is InChI=1S/C16H18F2N2O2S/c17-14-8-4-9-15(16(14)18)23(21,22)20(11-5-10-19)12-13-6-2-1-3-7-13/h1-4,6-9H,5,10-12,19H2. The molecule has 0 heterocycles. The minimum absolute atomic E-state index is 0.0686. The van der Waals surface area contributed by atoms with Gasteiger partial charge in [-0.05, 0) is 30.7 Å². The lowest BCUT2D eigenvalue weighted by Crippen LogP contribution is -2.33. The highest BCUT2D eigenvalue weighted by atomic mass is 32.2. The Labute approximate surface area is 134 Å². The van der Waals surface area contributed by atoms with Crippen LogP contribution in [0, 0.1) is 11.6 Å². The van der Waals surface area contributed by atoms with Crippen molar-refractivity contribution in [2.45, 2.75) is 17.9 Å². The van der Waals surface area contributed by atoms with Gasteiger partial charge in [-0.2, -0.15) is 4.31 Å². The van der Waals surface area contributed by atoms with Gasteiger partial charge in [0.1, 0.15) is 4.90 Å². The lowest BCUT2D eigenvalue weighted by molar-refractivity contribution is 0.395. The van der Waals surface area contributed by atoms with E-state index in [1.807, 2.05) is 6.07 Å². The molecule has 0 saturated carbocycles. The summed E-state index contributed by atoms with van der Waals surface area (Å²) in [7, 11) is -4.16. The SMILES string of the molecule is NCCCN(Cc1ccccc1)S(=O)(=O)c1cccc(F)c1F. The summed E-state index contributed by atoms with van der Waals surface area (Å²) in [6.45, 7) is 0.495. The first-order valence-corrected chi connectivity index (χ1v) is 8.59. The number of hydrogen-bond acceptors (Lipinski definition) is 3. The maximum Gasteiger partial charge on any atom is 0.246 e. The molecule has 0 amide bonds. The maximum atomic E-state index is 13.9. The number of benzene rings is 2. The van der Waals surface area contributed by atoms with Crippen molar-refractivity contribution < 1.29 is 17.2 Å². The van der Waals surface area contributed by atoms with Crippen LogP contribution in [0.25, 0.3) is 0 Å². The predicted octanol–water partition coefficient (Wildman–Crippen LogP) is 2.50. The fourth-order valence-corrected chi connectivity index (χ4v) is 3.70. The molecule has 7 heteroatoms. The van der Waals surface area contributed by atoms with Crippen molar-refractivity contribution in [3.8, 4) is 0 Å². The number of halogens is 2. The number of sulfonamides is 1. The third-order valence-electron chi connectivity index (χ3n) is 3.35. The van der Waals surface area contributed by atoms with Gasteiger partial charge in [-0.3, -0.25) is 0 Å². The van der Waals surface area contributed by atoms with E-state index in [2.05, 4.69) is 0 Å². The van der Waals surface area contributed by atoms with E-state index in [0.29, 0.717) is 13.0 Å². The predicted molar refractivity (Wildman–Crippen MR) is 84.1 cm³/mol. The molecular weight excluding hydrogens is 322 g/mol. The Balaban J connectivity index is 2.38. The molecule has 0 aliphatic carbocycles. The summed E-state index contributed by atoms with van der Waals surface area (Å²) < 4.78 is 53.8. The van der Waals surface area contributed by atoms with Gasteiger partial charge in [-0.15, -0.1) is 0 Å². The van der Waals surface area contributed by atoms with Gasteiger partial charge in [-0.1, -0.05) is 36.4 Å². The van der Waals surface area contributed by atoms with E-state index >= 15 is 0 Å². The highest BCUT2D eigenvalue weighted by Gasteiger charge is 2.28. The second-order valence-electron chi connectivity index (χ2n) is 5.02. The number of hydrogen-bond donors (Lipinski definition) is 1. The zero-order valence-corrected chi connectivity index (χ0v) is 13.3. The summed E-state index contributed by atoms with van der Waals surface area (Å²) in [6, 6.07) is 12.0.